The molecule has 10 heteroatoms. The van der Waals surface area contributed by atoms with Crippen LogP contribution < -0.4 is 14.8 Å². The van der Waals surface area contributed by atoms with Crippen LogP contribution in [0.1, 0.15) is 24.9 Å². The van der Waals surface area contributed by atoms with E-state index in [2.05, 4.69) is 10.3 Å². The van der Waals surface area contributed by atoms with Crippen molar-refractivity contribution in [1.29, 1.82) is 0 Å². The molecule has 0 saturated heterocycles. The van der Waals surface area contributed by atoms with Crippen molar-refractivity contribution in [2.75, 3.05) is 41.6 Å². The Morgan fingerprint density at radius 2 is 1.91 bits per heavy atom. The average molecular weight is 462 g/mol. The van der Waals surface area contributed by atoms with E-state index in [0.717, 1.165) is 11.3 Å². The number of fused-ring (bicyclic) bond motifs is 1. The number of methoxy groups -OCH3 is 4. The Morgan fingerprint density at radius 1 is 1.16 bits per heavy atom. The summed E-state index contributed by atoms with van der Waals surface area (Å²) in [7, 11) is 6.04. The van der Waals surface area contributed by atoms with Crippen LogP contribution in [0, 0.1) is 0 Å². The molecule has 1 aromatic carbocycles. The Kier molecular flexibility index (Phi) is 7.81. The summed E-state index contributed by atoms with van der Waals surface area (Å²) in [5.41, 5.74) is 2.48. The fraction of sp³-hybridized carbons (Fsp3) is 0.409. The van der Waals surface area contributed by atoms with Gasteiger partial charge in [-0.25, -0.2) is 9.79 Å². The molecule has 0 aromatic heterocycles. The number of hydrogen-bond acceptors (Lipinski definition) is 9. The van der Waals surface area contributed by atoms with Crippen LogP contribution in [0.5, 0.6) is 11.5 Å². The Balaban J connectivity index is 2.01. The second-order valence-electron chi connectivity index (χ2n) is 7.02. The molecule has 172 valence electrons. The Morgan fingerprint density at radius 3 is 2.56 bits per heavy atom. The average Bonchev–Trinajstić information content (AvgIpc) is 3.19. The van der Waals surface area contributed by atoms with Crippen molar-refractivity contribution >= 4 is 28.8 Å². The summed E-state index contributed by atoms with van der Waals surface area (Å²) in [4.78, 5) is 31.8. The first-order chi connectivity index (χ1) is 15.4. The van der Waals surface area contributed by atoms with Gasteiger partial charge in [0.1, 0.15) is 0 Å². The number of carbonyl (C=O) groups excluding carboxylic acids is 2. The SMILES string of the molecule is COCCNC(=O)CC1=CSC2=NC(C)=C(C(=O)OC)[C@H](c3ccc(OC)c(OC)c3)N12. The highest BCUT2D eigenvalue weighted by atomic mass is 32.2. The molecule has 0 fully saturated rings. The van der Waals surface area contributed by atoms with Crippen LogP contribution in [0.2, 0.25) is 0 Å². The van der Waals surface area contributed by atoms with Crippen LogP contribution >= 0.6 is 11.8 Å². The number of aliphatic imine (C=N–C) groups is 1. The van der Waals surface area contributed by atoms with E-state index in [1.165, 1.54) is 18.9 Å². The topological polar surface area (TPSA) is 98.7 Å². The molecule has 0 spiro atoms. The number of nitrogens with zero attached hydrogens (tertiary/aromatic N) is 2. The van der Waals surface area contributed by atoms with Crippen LogP contribution in [-0.2, 0) is 19.1 Å². The Hall–Kier alpha value is -2.98. The van der Waals surface area contributed by atoms with Gasteiger partial charge in [-0.3, -0.25) is 4.79 Å². The van der Waals surface area contributed by atoms with Gasteiger partial charge in [0.2, 0.25) is 5.91 Å². The van der Waals surface area contributed by atoms with Crippen molar-refractivity contribution in [2.24, 2.45) is 4.99 Å². The summed E-state index contributed by atoms with van der Waals surface area (Å²) in [6.07, 6.45) is 0.132. The van der Waals surface area contributed by atoms with E-state index in [4.69, 9.17) is 18.9 Å². The molecule has 2 heterocycles. The zero-order valence-corrected chi connectivity index (χ0v) is 19.6. The number of amides is 1. The van der Waals surface area contributed by atoms with Crippen molar-refractivity contribution in [2.45, 2.75) is 19.4 Å². The standard InChI is InChI=1S/C22H27N3O6S/c1-13-19(21(27)31-5)20(14-6-7-16(29-3)17(10-14)30-4)25-15(12-32-22(25)24-13)11-18(26)23-8-9-28-2/h6-7,10,12,20H,8-9,11H2,1-5H3,(H,23,26)/t20-/m0/s1. The number of amidine groups is 1. The van der Waals surface area contributed by atoms with Gasteiger partial charge in [-0.05, 0) is 30.0 Å². The van der Waals surface area contributed by atoms with E-state index >= 15 is 0 Å². The number of benzene rings is 1. The van der Waals surface area contributed by atoms with Crippen LogP contribution in [-0.4, -0.2) is 63.5 Å². The van der Waals surface area contributed by atoms with Gasteiger partial charge in [0, 0.05) is 19.4 Å². The van der Waals surface area contributed by atoms with Gasteiger partial charge in [0.25, 0.3) is 0 Å². The molecule has 1 atom stereocenters. The van der Waals surface area contributed by atoms with Crippen molar-refractivity contribution in [3.8, 4) is 11.5 Å². The van der Waals surface area contributed by atoms with E-state index in [1.807, 2.05) is 22.4 Å². The number of esters is 1. The molecule has 0 aliphatic carbocycles. The van der Waals surface area contributed by atoms with E-state index in [1.54, 1.807) is 34.3 Å². The number of carbonyl (C=O) groups is 2. The predicted molar refractivity (Wildman–Crippen MR) is 121 cm³/mol. The lowest BCUT2D eigenvalue weighted by Crippen LogP contribution is -2.38. The van der Waals surface area contributed by atoms with Crippen molar-refractivity contribution < 1.29 is 28.5 Å². The number of allylic oxidation sites excluding steroid dienone is 1. The minimum absolute atomic E-state index is 0.132. The van der Waals surface area contributed by atoms with Gasteiger partial charge < -0.3 is 29.2 Å². The molecule has 2 aliphatic heterocycles. The van der Waals surface area contributed by atoms with E-state index < -0.39 is 12.0 Å². The molecular weight excluding hydrogens is 434 g/mol. The smallest absolute Gasteiger partial charge is 0.338 e. The maximum absolute atomic E-state index is 12.8. The van der Waals surface area contributed by atoms with E-state index in [9.17, 15) is 9.59 Å². The number of rotatable bonds is 9. The summed E-state index contributed by atoms with van der Waals surface area (Å²) in [5.74, 6) is 0.481. The van der Waals surface area contributed by atoms with Crippen LogP contribution in [0.25, 0.3) is 0 Å². The molecule has 3 rings (SSSR count). The van der Waals surface area contributed by atoms with Gasteiger partial charge in [0.05, 0.1) is 51.7 Å². The first-order valence-corrected chi connectivity index (χ1v) is 10.8. The van der Waals surface area contributed by atoms with E-state index in [0.29, 0.717) is 41.1 Å². The second kappa shape index (κ2) is 10.6. The lowest BCUT2D eigenvalue weighted by molar-refractivity contribution is -0.136. The molecule has 0 radical (unpaired) electrons. The first-order valence-electron chi connectivity index (χ1n) is 9.95. The van der Waals surface area contributed by atoms with Crippen molar-refractivity contribution in [3.05, 3.63) is 46.1 Å². The van der Waals surface area contributed by atoms with Crippen LogP contribution in [0.15, 0.2) is 45.6 Å². The molecule has 9 nitrogen and oxygen atoms in total. The third kappa shape index (κ3) is 4.76. The Labute approximate surface area is 191 Å². The molecule has 32 heavy (non-hydrogen) atoms. The zero-order chi connectivity index (χ0) is 23.3. The van der Waals surface area contributed by atoms with Crippen molar-refractivity contribution in [3.63, 3.8) is 0 Å². The number of ether oxygens (including phenoxy) is 4. The van der Waals surface area contributed by atoms with Gasteiger partial charge in [-0.1, -0.05) is 17.8 Å². The highest BCUT2D eigenvalue weighted by Gasteiger charge is 2.41. The third-order valence-electron chi connectivity index (χ3n) is 5.10. The number of hydrogen-bond donors (Lipinski definition) is 1. The molecule has 1 N–H and O–H groups in total. The molecule has 0 bridgehead atoms. The van der Waals surface area contributed by atoms with E-state index in [-0.39, 0.29) is 12.3 Å². The van der Waals surface area contributed by atoms with Gasteiger partial charge >= 0.3 is 5.97 Å². The third-order valence-corrected chi connectivity index (χ3v) is 5.99. The predicted octanol–water partition coefficient (Wildman–Crippen LogP) is 2.60. The maximum Gasteiger partial charge on any atom is 0.338 e. The van der Waals surface area contributed by atoms with Crippen LogP contribution in [0.3, 0.4) is 0 Å². The summed E-state index contributed by atoms with van der Waals surface area (Å²) < 4.78 is 20.9. The summed E-state index contributed by atoms with van der Waals surface area (Å²) in [6, 6.07) is 4.93. The normalized spacial score (nSPS) is 17.4. The Bertz CT molecular complexity index is 988. The summed E-state index contributed by atoms with van der Waals surface area (Å²) >= 11 is 1.41. The van der Waals surface area contributed by atoms with Gasteiger partial charge in [0.15, 0.2) is 16.7 Å². The number of nitrogens with one attached hydrogen (secondary N) is 1. The quantitative estimate of drug-likeness (QED) is 0.443. The van der Waals surface area contributed by atoms with Gasteiger partial charge in [-0.2, -0.15) is 0 Å². The molecule has 0 saturated carbocycles. The minimum atomic E-state index is -0.539. The molecular formula is C22H27N3O6S. The van der Waals surface area contributed by atoms with Gasteiger partial charge in [-0.15, -0.1) is 0 Å². The summed E-state index contributed by atoms with van der Waals surface area (Å²) in [5, 5.41) is 5.40. The summed E-state index contributed by atoms with van der Waals surface area (Å²) in [6.45, 7) is 2.63. The van der Waals surface area contributed by atoms with Crippen LogP contribution in [0.4, 0.5) is 0 Å². The highest BCUT2D eigenvalue weighted by molar-refractivity contribution is 8.16. The highest BCUT2D eigenvalue weighted by Crippen LogP contribution is 2.46. The lowest BCUT2D eigenvalue weighted by atomic mass is 9.93. The lowest BCUT2D eigenvalue weighted by Gasteiger charge is -2.36. The van der Waals surface area contributed by atoms with Crippen molar-refractivity contribution in [1.82, 2.24) is 10.2 Å². The zero-order valence-electron chi connectivity index (χ0n) is 18.8. The first kappa shape index (κ1) is 23.7. The fourth-order valence-electron chi connectivity index (χ4n) is 3.60. The molecule has 1 amide bonds. The second-order valence-corrected chi connectivity index (χ2v) is 7.86. The monoisotopic (exact) mass is 461 g/mol. The number of thioether (sulfide) groups is 1. The molecule has 2 aliphatic rings. The maximum atomic E-state index is 12.8. The largest absolute Gasteiger partial charge is 0.493 e. The molecule has 1 aromatic rings. The molecule has 0 unspecified atom stereocenters. The minimum Gasteiger partial charge on any atom is -0.493 e. The fourth-order valence-corrected chi connectivity index (χ4v) is 4.56.